The first kappa shape index (κ1) is 18.4. The third kappa shape index (κ3) is 4.47. The molecule has 7 heteroatoms. The van der Waals surface area contributed by atoms with Crippen LogP contribution in [-0.4, -0.2) is 20.4 Å². The lowest BCUT2D eigenvalue weighted by Gasteiger charge is -2.09. The minimum absolute atomic E-state index is 0.152. The average Bonchev–Trinajstić information content (AvgIpc) is 2.76. The smallest absolute Gasteiger partial charge is 0.261 e. The number of para-hydroxylation sites is 1. The highest BCUT2D eigenvalue weighted by atomic mass is 16.5. The second kappa shape index (κ2) is 8.35. The number of nitrogens with zero attached hydrogens (tertiary/aromatic N) is 3. The van der Waals surface area contributed by atoms with Gasteiger partial charge in [-0.3, -0.25) is 19.1 Å². The van der Waals surface area contributed by atoms with Crippen molar-refractivity contribution < 1.29 is 9.53 Å². The summed E-state index contributed by atoms with van der Waals surface area (Å²) in [5.74, 6) is 1.09. The Hall–Kier alpha value is -4.00. The van der Waals surface area contributed by atoms with E-state index >= 15 is 0 Å². The number of carbonyl (C=O) groups is 1. The Labute approximate surface area is 166 Å². The Kier molecular flexibility index (Phi) is 5.29. The molecule has 0 spiro atoms. The van der Waals surface area contributed by atoms with Crippen LogP contribution in [0, 0.1) is 0 Å². The fourth-order valence-corrected chi connectivity index (χ4v) is 2.86. The summed E-state index contributed by atoms with van der Waals surface area (Å²) in [6.45, 7) is 0.255. The van der Waals surface area contributed by atoms with E-state index in [0.717, 1.165) is 0 Å². The van der Waals surface area contributed by atoms with E-state index in [2.05, 4.69) is 15.3 Å². The molecule has 7 nitrogen and oxygen atoms in total. The summed E-state index contributed by atoms with van der Waals surface area (Å²) in [6.07, 6.45) is 4.93. The first-order chi connectivity index (χ1) is 14.2. The average molecular weight is 386 g/mol. The quantitative estimate of drug-likeness (QED) is 0.547. The molecule has 0 aliphatic carbocycles. The largest absolute Gasteiger partial charge is 0.456 e. The van der Waals surface area contributed by atoms with E-state index in [1.165, 1.54) is 10.9 Å². The number of fused-ring (bicyclic) bond motifs is 1. The van der Waals surface area contributed by atoms with Crippen molar-refractivity contribution in [2.75, 3.05) is 5.32 Å². The molecule has 0 saturated heterocycles. The van der Waals surface area contributed by atoms with Crippen molar-refractivity contribution in [2.24, 2.45) is 0 Å². The summed E-state index contributed by atoms with van der Waals surface area (Å²) < 4.78 is 7.12. The number of pyridine rings is 1. The van der Waals surface area contributed by atoms with Crippen LogP contribution in [0.2, 0.25) is 0 Å². The maximum Gasteiger partial charge on any atom is 0.261 e. The molecule has 0 saturated carbocycles. The lowest BCUT2D eigenvalue weighted by atomic mass is 10.2. The van der Waals surface area contributed by atoms with Gasteiger partial charge in [0, 0.05) is 24.8 Å². The Bertz CT molecular complexity index is 1190. The van der Waals surface area contributed by atoms with Crippen LogP contribution in [0.1, 0.15) is 6.42 Å². The first-order valence-electron chi connectivity index (χ1n) is 9.11. The van der Waals surface area contributed by atoms with Crippen LogP contribution in [-0.2, 0) is 11.3 Å². The number of hydrogen-bond donors (Lipinski definition) is 1. The molecule has 0 aliphatic rings. The summed E-state index contributed by atoms with van der Waals surface area (Å²) in [4.78, 5) is 33.0. The zero-order chi connectivity index (χ0) is 20.1. The lowest BCUT2D eigenvalue weighted by Crippen LogP contribution is -2.23. The molecule has 2 heterocycles. The van der Waals surface area contributed by atoms with Crippen LogP contribution >= 0.6 is 0 Å². The van der Waals surface area contributed by atoms with Crippen molar-refractivity contribution in [2.45, 2.75) is 13.0 Å². The van der Waals surface area contributed by atoms with Crippen molar-refractivity contribution in [3.8, 4) is 11.5 Å². The molecule has 4 aromatic rings. The van der Waals surface area contributed by atoms with Gasteiger partial charge in [-0.2, -0.15) is 0 Å². The van der Waals surface area contributed by atoms with Gasteiger partial charge in [0.1, 0.15) is 11.5 Å². The van der Waals surface area contributed by atoms with E-state index < -0.39 is 0 Å². The topological polar surface area (TPSA) is 86.1 Å². The van der Waals surface area contributed by atoms with E-state index in [1.807, 2.05) is 12.1 Å². The highest BCUT2D eigenvalue weighted by Gasteiger charge is 2.07. The third-order valence-electron chi connectivity index (χ3n) is 4.32. The van der Waals surface area contributed by atoms with Gasteiger partial charge >= 0.3 is 0 Å². The van der Waals surface area contributed by atoms with Gasteiger partial charge in [0.05, 0.1) is 23.4 Å². The van der Waals surface area contributed by atoms with Crippen LogP contribution < -0.4 is 15.6 Å². The molecule has 0 bridgehead atoms. The van der Waals surface area contributed by atoms with Crippen LogP contribution in [0.5, 0.6) is 11.5 Å². The summed E-state index contributed by atoms with van der Waals surface area (Å²) in [6, 6.07) is 17.8. The number of hydrogen-bond acceptors (Lipinski definition) is 5. The number of anilines is 1. The zero-order valence-electron chi connectivity index (χ0n) is 15.5. The maximum absolute atomic E-state index is 12.5. The number of aromatic nitrogens is 3. The van der Waals surface area contributed by atoms with Crippen LogP contribution in [0.3, 0.4) is 0 Å². The number of nitrogens with one attached hydrogen (secondary N) is 1. The molecular formula is C22H18N4O3. The lowest BCUT2D eigenvalue weighted by molar-refractivity contribution is -0.116. The Morgan fingerprint density at radius 1 is 1.00 bits per heavy atom. The SMILES string of the molecule is O=C(CCn1cnc2ccccc2c1=O)Nc1ccc(Oc2cccnc2)cc1. The second-order valence-corrected chi connectivity index (χ2v) is 6.37. The van der Waals surface area contributed by atoms with Crippen LogP contribution in [0.4, 0.5) is 5.69 Å². The molecule has 144 valence electrons. The van der Waals surface area contributed by atoms with E-state index in [0.29, 0.717) is 28.1 Å². The van der Waals surface area contributed by atoms with Crippen molar-refractivity contribution in [1.29, 1.82) is 0 Å². The second-order valence-electron chi connectivity index (χ2n) is 6.37. The summed E-state index contributed by atoms with van der Waals surface area (Å²) in [7, 11) is 0. The molecule has 0 atom stereocenters. The number of amides is 1. The number of aryl methyl sites for hydroxylation is 1. The monoisotopic (exact) mass is 386 g/mol. The Balaban J connectivity index is 1.35. The van der Waals surface area contributed by atoms with Gasteiger partial charge in [-0.05, 0) is 48.5 Å². The highest BCUT2D eigenvalue weighted by molar-refractivity contribution is 5.90. The molecule has 0 radical (unpaired) electrons. The zero-order valence-corrected chi connectivity index (χ0v) is 15.5. The van der Waals surface area contributed by atoms with Gasteiger partial charge in [-0.25, -0.2) is 4.98 Å². The number of rotatable bonds is 6. The minimum Gasteiger partial charge on any atom is -0.456 e. The molecule has 2 aromatic heterocycles. The molecule has 4 rings (SSSR count). The van der Waals surface area contributed by atoms with Gasteiger partial charge in [0.2, 0.25) is 5.91 Å². The fourth-order valence-electron chi connectivity index (χ4n) is 2.86. The van der Waals surface area contributed by atoms with E-state index in [-0.39, 0.29) is 24.4 Å². The Morgan fingerprint density at radius 3 is 2.62 bits per heavy atom. The van der Waals surface area contributed by atoms with Crippen LogP contribution in [0.25, 0.3) is 10.9 Å². The molecule has 0 unspecified atom stereocenters. The standard InChI is InChI=1S/C22H18N4O3/c27-21(11-13-26-15-24-20-6-2-1-5-19(20)22(26)28)25-16-7-9-17(10-8-16)29-18-4-3-12-23-14-18/h1-10,12,14-15H,11,13H2,(H,25,27). The fraction of sp³-hybridized carbons (Fsp3) is 0.0909. The van der Waals surface area contributed by atoms with Crippen molar-refractivity contribution in [3.63, 3.8) is 0 Å². The molecular weight excluding hydrogens is 368 g/mol. The van der Waals surface area contributed by atoms with Gasteiger partial charge in [0.25, 0.3) is 5.56 Å². The summed E-state index contributed by atoms with van der Waals surface area (Å²) >= 11 is 0. The van der Waals surface area contributed by atoms with Gasteiger partial charge < -0.3 is 10.1 Å². The number of carbonyl (C=O) groups excluding carboxylic acids is 1. The van der Waals surface area contributed by atoms with E-state index in [9.17, 15) is 9.59 Å². The van der Waals surface area contributed by atoms with Crippen molar-refractivity contribution >= 4 is 22.5 Å². The van der Waals surface area contributed by atoms with Gasteiger partial charge in [-0.1, -0.05) is 12.1 Å². The predicted octanol–water partition coefficient (Wildman–Crippen LogP) is 3.61. The van der Waals surface area contributed by atoms with Crippen molar-refractivity contribution in [1.82, 2.24) is 14.5 Å². The van der Waals surface area contributed by atoms with Crippen molar-refractivity contribution in [3.05, 3.63) is 89.7 Å². The van der Waals surface area contributed by atoms with E-state index in [4.69, 9.17) is 4.74 Å². The Morgan fingerprint density at radius 2 is 1.83 bits per heavy atom. The molecule has 1 N–H and O–H groups in total. The maximum atomic E-state index is 12.5. The number of benzene rings is 2. The molecule has 0 aliphatic heterocycles. The summed E-state index contributed by atoms with van der Waals surface area (Å²) in [5, 5.41) is 3.36. The normalized spacial score (nSPS) is 10.6. The molecule has 2 aromatic carbocycles. The molecule has 0 fully saturated rings. The van der Waals surface area contributed by atoms with Gasteiger partial charge in [0.15, 0.2) is 0 Å². The van der Waals surface area contributed by atoms with E-state index in [1.54, 1.807) is 60.9 Å². The number of ether oxygens (including phenoxy) is 1. The summed E-state index contributed by atoms with van der Waals surface area (Å²) in [5.41, 5.74) is 1.14. The minimum atomic E-state index is -0.189. The molecule has 1 amide bonds. The third-order valence-corrected chi connectivity index (χ3v) is 4.32. The van der Waals surface area contributed by atoms with Gasteiger partial charge in [-0.15, -0.1) is 0 Å². The highest BCUT2D eigenvalue weighted by Crippen LogP contribution is 2.22. The van der Waals surface area contributed by atoms with Crippen LogP contribution in [0.15, 0.2) is 84.2 Å². The predicted molar refractivity (Wildman–Crippen MR) is 110 cm³/mol. The molecule has 29 heavy (non-hydrogen) atoms. The first-order valence-corrected chi connectivity index (χ1v) is 9.11.